The molecule has 1 N–H and O–H groups in total. The van der Waals surface area contributed by atoms with Gasteiger partial charge in [-0.05, 0) is 23.3 Å². The first-order valence-electron chi connectivity index (χ1n) is 4.20. The van der Waals surface area contributed by atoms with Crippen LogP contribution in [0.2, 0.25) is 0 Å². The van der Waals surface area contributed by atoms with Crippen molar-refractivity contribution in [2.75, 3.05) is 5.32 Å². The van der Waals surface area contributed by atoms with Gasteiger partial charge in [0.15, 0.2) is 0 Å². The summed E-state index contributed by atoms with van der Waals surface area (Å²) in [6, 6.07) is 4.86. The van der Waals surface area contributed by atoms with Crippen LogP contribution in [0.15, 0.2) is 29.8 Å². The second-order valence-electron chi connectivity index (χ2n) is 2.83. The molecule has 0 unspecified atom stereocenters. The highest BCUT2D eigenvalue weighted by Crippen LogP contribution is 2.28. The molecule has 0 bridgehead atoms. The molecule has 1 amide bonds. The molecule has 0 radical (unpaired) electrons. The maximum Gasteiger partial charge on any atom is 0.213 e. The maximum atomic E-state index is 12.8. The lowest BCUT2D eigenvalue weighted by Gasteiger charge is -1.95. The number of carbonyl (C=O) groups excluding carboxylic acids is 1. The van der Waals surface area contributed by atoms with Crippen LogP contribution < -0.4 is 5.32 Å². The zero-order valence-electron chi connectivity index (χ0n) is 7.61. The van der Waals surface area contributed by atoms with E-state index < -0.39 is 5.95 Å². The number of amides is 1. The Morgan fingerprint density at radius 3 is 3.00 bits per heavy atom. The minimum absolute atomic E-state index is 0.511. The van der Waals surface area contributed by atoms with E-state index in [1.165, 1.54) is 23.6 Å². The third-order valence-corrected chi connectivity index (χ3v) is 2.72. The maximum absolute atomic E-state index is 12.8. The number of nitrogens with zero attached hydrogens (tertiary/aromatic N) is 1. The minimum Gasteiger partial charge on any atom is -0.320 e. The van der Waals surface area contributed by atoms with Gasteiger partial charge in [0.05, 0.1) is 5.00 Å². The van der Waals surface area contributed by atoms with Gasteiger partial charge < -0.3 is 5.32 Å². The molecule has 76 valence electrons. The fourth-order valence-corrected chi connectivity index (χ4v) is 1.97. The molecule has 0 aliphatic heterocycles. The molecule has 15 heavy (non-hydrogen) atoms. The third-order valence-electron chi connectivity index (χ3n) is 1.86. The first kappa shape index (κ1) is 9.79. The van der Waals surface area contributed by atoms with E-state index in [2.05, 4.69) is 10.3 Å². The van der Waals surface area contributed by atoms with E-state index >= 15 is 0 Å². The molecule has 0 spiro atoms. The quantitative estimate of drug-likeness (QED) is 0.640. The Morgan fingerprint density at radius 1 is 1.40 bits per heavy atom. The van der Waals surface area contributed by atoms with Gasteiger partial charge in [0.1, 0.15) is 0 Å². The second-order valence-corrected chi connectivity index (χ2v) is 3.74. The molecule has 2 aromatic rings. The molecular weight excluding hydrogens is 215 g/mol. The van der Waals surface area contributed by atoms with Crippen LogP contribution in [0, 0.1) is 5.95 Å². The highest BCUT2D eigenvalue weighted by atomic mass is 32.1. The monoisotopic (exact) mass is 222 g/mol. The highest BCUT2D eigenvalue weighted by molar-refractivity contribution is 7.14. The van der Waals surface area contributed by atoms with Crippen molar-refractivity contribution in [1.82, 2.24) is 4.98 Å². The molecule has 5 heteroatoms. The van der Waals surface area contributed by atoms with Gasteiger partial charge in [-0.15, -0.1) is 11.3 Å². The Labute approximate surface area is 89.6 Å². The van der Waals surface area contributed by atoms with Crippen LogP contribution in [-0.2, 0) is 4.79 Å². The molecule has 0 fully saturated rings. The summed E-state index contributed by atoms with van der Waals surface area (Å²) >= 11 is 1.39. The number of nitrogens with one attached hydrogen (secondary N) is 1. The largest absolute Gasteiger partial charge is 0.320 e. The van der Waals surface area contributed by atoms with Gasteiger partial charge >= 0.3 is 0 Å². The van der Waals surface area contributed by atoms with E-state index in [9.17, 15) is 9.18 Å². The average Bonchev–Trinajstić information content (AvgIpc) is 2.67. The van der Waals surface area contributed by atoms with E-state index in [1.54, 1.807) is 12.1 Å². The van der Waals surface area contributed by atoms with Crippen molar-refractivity contribution >= 4 is 22.7 Å². The Kier molecular flexibility index (Phi) is 2.73. The summed E-state index contributed by atoms with van der Waals surface area (Å²) in [5.41, 5.74) is 1.61. The molecular formula is C10H7FN2OS. The number of aromatic nitrogens is 1. The van der Waals surface area contributed by atoms with Crippen molar-refractivity contribution in [2.45, 2.75) is 0 Å². The molecule has 2 rings (SSSR count). The normalized spacial score (nSPS) is 9.93. The lowest BCUT2D eigenvalue weighted by molar-refractivity contribution is -0.105. The van der Waals surface area contributed by atoms with Crippen molar-refractivity contribution in [2.24, 2.45) is 0 Å². The van der Waals surface area contributed by atoms with E-state index in [4.69, 9.17) is 0 Å². The lowest BCUT2D eigenvalue weighted by atomic mass is 10.1. The molecule has 0 aromatic carbocycles. The van der Waals surface area contributed by atoms with E-state index in [0.29, 0.717) is 6.41 Å². The molecule has 0 atom stereocenters. The molecule has 0 aliphatic carbocycles. The van der Waals surface area contributed by atoms with Crippen LogP contribution in [0.5, 0.6) is 0 Å². The number of hydrogen-bond donors (Lipinski definition) is 1. The van der Waals surface area contributed by atoms with Crippen LogP contribution in [0.4, 0.5) is 9.39 Å². The van der Waals surface area contributed by atoms with Gasteiger partial charge in [-0.25, -0.2) is 4.98 Å². The summed E-state index contributed by atoms with van der Waals surface area (Å²) in [6.07, 6.45) is 2.03. The SMILES string of the molecule is O=CNc1cc(-c2ccnc(F)c2)cs1. The number of pyridine rings is 1. The van der Waals surface area contributed by atoms with Gasteiger partial charge in [-0.1, -0.05) is 0 Å². The molecule has 2 aromatic heterocycles. The summed E-state index contributed by atoms with van der Waals surface area (Å²) in [7, 11) is 0. The van der Waals surface area contributed by atoms with Crippen LogP contribution in [0.1, 0.15) is 0 Å². The number of rotatable bonds is 3. The number of carbonyl (C=O) groups is 1. The number of thiophene rings is 1. The highest BCUT2D eigenvalue weighted by Gasteiger charge is 2.03. The van der Waals surface area contributed by atoms with Crippen molar-refractivity contribution in [1.29, 1.82) is 0 Å². The Hall–Kier alpha value is -1.75. The Balaban J connectivity index is 2.32. The fourth-order valence-electron chi connectivity index (χ4n) is 1.20. The van der Waals surface area contributed by atoms with Gasteiger partial charge in [-0.3, -0.25) is 4.79 Å². The molecule has 0 aliphatic rings. The summed E-state index contributed by atoms with van der Waals surface area (Å²) in [5.74, 6) is -0.511. The predicted octanol–water partition coefficient (Wildman–Crippen LogP) is 2.52. The number of anilines is 1. The van der Waals surface area contributed by atoms with Crippen LogP contribution in [0.3, 0.4) is 0 Å². The Bertz CT molecular complexity index is 484. The molecule has 0 saturated heterocycles. The van der Waals surface area contributed by atoms with Gasteiger partial charge in [-0.2, -0.15) is 4.39 Å². The molecule has 3 nitrogen and oxygen atoms in total. The van der Waals surface area contributed by atoms with Gasteiger partial charge in [0, 0.05) is 17.6 Å². The summed E-state index contributed by atoms with van der Waals surface area (Å²) < 4.78 is 12.8. The van der Waals surface area contributed by atoms with Crippen molar-refractivity contribution in [3.05, 3.63) is 35.7 Å². The first-order valence-corrected chi connectivity index (χ1v) is 5.08. The second kappa shape index (κ2) is 4.18. The lowest BCUT2D eigenvalue weighted by Crippen LogP contribution is -1.89. The van der Waals surface area contributed by atoms with Crippen molar-refractivity contribution < 1.29 is 9.18 Å². The first-order chi connectivity index (χ1) is 7.29. The zero-order chi connectivity index (χ0) is 10.7. The standard InChI is InChI=1S/C10H7FN2OS/c11-9-3-7(1-2-12-9)8-4-10(13-6-14)15-5-8/h1-6H,(H,13,14). The summed E-state index contributed by atoms with van der Waals surface area (Å²) in [4.78, 5) is 13.7. The molecule has 2 heterocycles. The van der Waals surface area contributed by atoms with E-state index in [0.717, 1.165) is 16.1 Å². The van der Waals surface area contributed by atoms with Crippen LogP contribution in [0.25, 0.3) is 11.1 Å². The van der Waals surface area contributed by atoms with Crippen molar-refractivity contribution in [3.8, 4) is 11.1 Å². The summed E-state index contributed by atoms with van der Waals surface area (Å²) in [6.45, 7) is 0. The topological polar surface area (TPSA) is 42.0 Å². The average molecular weight is 222 g/mol. The molecule has 0 saturated carbocycles. The van der Waals surface area contributed by atoms with Crippen molar-refractivity contribution in [3.63, 3.8) is 0 Å². The minimum atomic E-state index is -0.511. The smallest absolute Gasteiger partial charge is 0.213 e. The van der Waals surface area contributed by atoms with E-state index in [1.807, 2.05) is 5.38 Å². The van der Waals surface area contributed by atoms with Gasteiger partial charge in [0.2, 0.25) is 12.4 Å². The van der Waals surface area contributed by atoms with Gasteiger partial charge in [0.25, 0.3) is 0 Å². The Morgan fingerprint density at radius 2 is 2.27 bits per heavy atom. The van der Waals surface area contributed by atoms with Crippen LogP contribution in [-0.4, -0.2) is 11.4 Å². The third kappa shape index (κ3) is 2.19. The number of hydrogen-bond acceptors (Lipinski definition) is 3. The van der Waals surface area contributed by atoms with Crippen LogP contribution >= 0.6 is 11.3 Å². The summed E-state index contributed by atoms with van der Waals surface area (Å²) in [5, 5.41) is 5.12. The fraction of sp³-hybridized carbons (Fsp3) is 0. The van der Waals surface area contributed by atoms with E-state index in [-0.39, 0.29) is 0 Å². The zero-order valence-corrected chi connectivity index (χ0v) is 8.42. The predicted molar refractivity (Wildman–Crippen MR) is 57.2 cm³/mol. The number of halogens is 1.